The Morgan fingerprint density at radius 1 is 1.06 bits per heavy atom. The van der Waals surface area contributed by atoms with Crippen LogP contribution >= 0.6 is 0 Å². The lowest BCUT2D eigenvalue weighted by molar-refractivity contribution is -0.146. The molecule has 2 heterocycles. The van der Waals surface area contributed by atoms with E-state index < -0.39 is 68.4 Å². The molecule has 1 aliphatic heterocycles. The maximum Gasteiger partial charge on any atom is 0.370 e. The molecule has 4 rings (SSSR count). The van der Waals surface area contributed by atoms with Gasteiger partial charge < -0.3 is 14.6 Å². The predicted octanol–water partition coefficient (Wildman–Crippen LogP) is 1.18. The Morgan fingerprint density at radius 2 is 1.71 bits per heavy atom. The molecule has 3 aromatic rings. The van der Waals surface area contributed by atoms with Crippen molar-refractivity contribution in [3.05, 3.63) is 91.9 Å². The maximum absolute atomic E-state index is 13.6. The van der Waals surface area contributed by atoms with Crippen molar-refractivity contribution in [1.29, 1.82) is 0 Å². The number of carbonyl (C=O) groups is 2. The molecule has 2 aromatic carbocycles. The first-order valence-electron chi connectivity index (χ1n) is 9.98. The van der Waals surface area contributed by atoms with Crippen LogP contribution in [0.5, 0.6) is 0 Å². The summed E-state index contributed by atoms with van der Waals surface area (Å²) in [4.78, 5) is 50.4. The van der Waals surface area contributed by atoms with Gasteiger partial charge in [0.1, 0.15) is 12.4 Å². The van der Waals surface area contributed by atoms with Gasteiger partial charge in [0.2, 0.25) is 0 Å². The Morgan fingerprint density at radius 3 is 2.37 bits per heavy atom. The number of anilines is 1. The largest absolute Gasteiger partial charge is 0.610 e. The van der Waals surface area contributed by atoms with Crippen LogP contribution in [0.3, 0.4) is 0 Å². The molecule has 1 N–H and O–H groups in total. The number of hydrogen-bond donors (Lipinski definition) is 1. The van der Waals surface area contributed by atoms with Gasteiger partial charge in [0.05, 0.1) is 6.54 Å². The minimum absolute atomic E-state index is 0.0731. The first kappa shape index (κ1) is 24.3. The number of hydrogen-bond acceptors (Lipinski definition) is 6. The van der Waals surface area contributed by atoms with Gasteiger partial charge in [0, 0.05) is 18.2 Å². The molecule has 0 bridgehead atoms. The van der Waals surface area contributed by atoms with Crippen molar-refractivity contribution in [2.24, 2.45) is 7.05 Å². The van der Waals surface area contributed by atoms with Gasteiger partial charge in [-0.25, -0.2) is 22.8 Å². The number of rotatable bonds is 5. The summed E-state index contributed by atoms with van der Waals surface area (Å²) < 4.78 is 59.5. The fourth-order valence-electron chi connectivity index (χ4n) is 3.42. The Balaban J connectivity index is 1.66. The molecular formula is C22H16F3N3O6S. The van der Waals surface area contributed by atoms with E-state index in [-0.39, 0.29) is 18.0 Å². The molecule has 0 radical (unpaired) electrons. The summed E-state index contributed by atoms with van der Waals surface area (Å²) in [6.45, 7) is -0.832. The number of ether oxygens (including phenoxy) is 1. The molecule has 2 unspecified atom stereocenters. The molecule has 0 spiro atoms. The molecule has 1 aliphatic rings. The molecule has 9 nitrogen and oxygen atoms in total. The third-order valence-electron chi connectivity index (χ3n) is 5.24. The molecule has 2 atom stereocenters. The normalized spacial score (nSPS) is 17.0. The second-order valence-electron chi connectivity index (χ2n) is 7.56. The fourth-order valence-corrected chi connectivity index (χ4v) is 4.82. The van der Waals surface area contributed by atoms with E-state index in [0.29, 0.717) is 10.1 Å². The van der Waals surface area contributed by atoms with Gasteiger partial charge in [-0.3, -0.25) is 18.7 Å². The van der Waals surface area contributed by atoms with Crippen LogP contribution in [0.4, 0.5) is 19.0 Å². The van der Waals surface area contributed by atoms with Gasteiger partial charge in [0.15, 0.2) is 17.5 Å². The zero-order valence-electron chi connectivity index (χ0n) is 17.9. The lowest BCUT2D eigenvalue weighted by Crippen LogP contribution is -2.52. The molecule has 1 aromatic heterocycles. The molecule has 0 fully saturated rings. The van der Waals surface area contributed by atoms with E-state index in [1.165, 1.54) is 19.2 Å². The van der Waals surface area contributed by atoms with Crippen LogP contribution < -0.4 is 16.6 Å². The van der Waals surface area contributed by atoms with E-state index in [0.717, 1.165) is 34.9 Å². The van der Waals surface area contributed by atoms with Crippen LogP contribution in [0.15, 0.2) is 56.9 Å². The highest BCUT2D eigenvalue weighted by atomic mass is 32.2. The van der Waals surface area contributed by atoms with Gasteiger partial charge in [0.25, 0.3) is 16.1 Å². The van der Waals surface area contributed by atoms with Crippen molar-refractivity contribution in [1.82, 2.24) is 9.13 Å². The lowest BCUT2D eigenvalue weighted by atomic mass is 10.2. The topological polar surface area (TPSA) is 122 Å². The highest BCUT2D eigenvalue weighted by Crippen LogP contribution is 2.27. The number of halogens is 3. The van der Waals surface area contributed by atoms with E-state index in [9.17, 15) is 36.9 Å². The number of nitrogens with zero attached hydrogens (tertiary/aromatic N) is 2. The molecule has 182 valence electrons. The second kappa shape index (κ2) is 9.43. The number of nitrogens with one attached hydrogen (secondary N) is 1. The van der Waals surface area contributed by atoms with Crippen molar-refractivity contribution < 1.29 is 32.0 Å². The summed E-state index contributed by atoms with van der Waals surface area (Å²) in [5.41, 5.74) is -1.53. The summed E-state index contributed by atoms with van der Waals surface area (Å²) in [5, 5.41) is 0.330. The van der Waals surface area contributed by atoms with Crippen molar-refractivity contribution in [3.8, 4) is 0 Å². The minimum atomic E-state index is -2.55. The van der Waals surface area contributed by atoms with E-state index in [2.05, 4.69) is 5.32 Å². The summed E-state index contributed by atoms with van der Waals surface area (Å²) in [6, 6.07) is 7.77. The number of benzene rings is 2. The van der Waals surface area contributed by atoms with Gasteiger partial charge in [-0.2, -0.15) is 0 Å². The number of carbonyl (C=O) groups excluding carboxylic acids is 2. The van der Waals surface area contributed by atoms with E-state index in [1.54, 1.807) is 0 Å². The minimum Gasteiger partial charge on any atom is -0.610 e. The third-order valence-corrected chi connectivity index (χ3v) is 6.84. The van der Waals surface area contributed by atoms with Crippen LogP contribution in [0.25, 0.3) is 0 Å². The van der Waals surface area contributed by atoms with Gasteiger partial charge in [-0.05, 0) is 35.4 Å². The van der Waals surface area contributed by atoms with Crippen molar-refractivity contribution >= 4 is 28.9 Å². The average molecular weight is 507 g/mol. The number of fused-ring (bicyclic) bond motifs is 1. The smallest absolute Gasteiger partial charge is 0.370 e. The van der Waals surface area contributed by atoms with Crippen molar-refractivity contribution in [3.63, 3.8) is 0 Å². The van der Waals surface area contributed by atoms with E-state index >= 15 is 0 Å². The van der Waals surface area contributed by atoms with Crippen LogP contribution in [0.2, 0.25) is 0 Å². The monoisotopic (exact) mass is 507 g/mol. The summed E-state index contributed by atoms with van der Waals surface area (Å²) in [7, 11) is 1.20. The molecule has 13 heteroatoms. The summed E-state index contributed by atoms with van der Waals surface area (Å²) >= 11 is -2.55. The Hall–Kier alpha value is -3.84. The highest BCUT2D eigenvalue weighted by Gasteiger charge is 2.49. The number of amides is 1. The zero-order valence-corrected chi connectivity index (χ0v) is 18.7. The zero-order chi connectivity index (χ0) is 25.4. The van der Waals surface area contributed by atoms with Crippen molar-refractivity contribution in [2.45, 2.75) is 23.3 Å². The average Bonchev–Trinajstić information content (AvgIpc) is 2.82. The molecule has 35 heavy (non-hydrogen) atoms. The van der Waals surface area contributed by atoms with Crippen LogP contribution in [0, 0.1) is 17.5 Å². The first-order valence-corrected chi connectivity index (χ1v) is 11.2. The van der Waals surface area contributed by atoms with Crippen LogP contribution in [-0.4, -0.2) is 30.8 Å². The number of esters is 1. The Kier molecular flexibility index (Phi) is 6.54. The molecule has 1 amide bonds. The van der Waals surface area contributed by atoms with E-state index in [1.807, 2.05) is 0 Å². The van der Waals surface area contributed by atoms with Gasteiger partial charge >= 0.3 is 17.2 Å². The Labute approximate surface area is 197 Å². The fraction of sp³-hybridized carbons (Fsp3) is 0.182. The third kappa shape index (κ3) is 4.59. The highest BCUT2D eigenvalue weighted by molar-refractivity contribution is 7.93. The first-order chi connectivity index (χ1) is 16.6. The SMILES string of the molecule is Cn1c2c(c(=O)n(Cc3ccc(F)c(F)c3)c1=O)[S+]([O-])C(C(=O)OCc1ccc(F)cc1)C(=O)N2. The Bertz CT molecular complexity index is 1450. The summed E-state index contributed by atoms with van der Waals surface area (Å²) in [6.07, 6.45) is 0. The molecule has 0 aliphatic carbocycles. The van der Waals surface area contributed by atoms with E-state index in [4.69, 9.17) is 4.74 Å². The predicted molar refractivity (Wildman–Crippen MR) is 116 cm³/mol. The van der Waals surface area contributed by atoms with Crippen LogP contribution in [-0.2, 0) is 45.7 Å². The molecular weight excluding hydrogens is 491 g/mol. The summed E-state index contributed by atoms with van der Waals surface area (Å²) in [5.74, 6) is -5.42. The maximum atomic E-state index is 13.6. The standard InChI is InChI=1S/C22H16F3N3O6S/c1-27-18-16(20(30)28(22(27)32)9-12-4-7-14(24)15(25)8-12)35(33)17(19(29)26-18)21(31)34-10-11-2-5-13(23)6-3-11/h2-8,17H,9-10H2,1H3,(H,26,29). The second-order valence-corrected chi connectivity index (χ2v) is 9.03. The molecule has 0 saturated heterocycles. The quantitative estimate of drug-likeness (QED) is 0.315. The number of aromatic nitrogens is 2. The van der Waals surface area contributed by atoms with Gasteiger partial charge in [-0.15, -0.1) is 0 Å². The van der Waals surface area contributed by atoms with Crippen molar-refractivity contribution in [2.75, 3.05) is 5.32 Å². The molecule has 0 saturated carbocycles. The van der Waals surface area contributed by atoms with Gasteiger partial charge in [-0.1, -0.05) is 18.2 Å². The lowest BCUT2D eigenvalue weighted by Gasteiger charge is -2.26. The van der Waals surface area contributed by atoms with Crippen LogP contribution in [0.1, 0.15) is 11.1 Å².